The maximum atomic E-state index is 3.44. The predicted molar refractivity (Wildman–Crippen MR) is 59.5 cm³/mol. The van der Waals surface area contributed by atoms with Gasteiger partial charge in [-0.05, 0) is 26.2 Å². The molecule has 0 radical (unpaired) electrons. The van der Waals surface area contributed by atoms with Crippen LogP contribution in [0, 0.1) is 5.92 Å². The Hall–Kier alpha value is -0.660. The van der Waals surface area contributed by atoms with E-state index in [1.54, 1.807) is 0 Å². The number of rotatable bonds is 6. The van der Waals surface area contributed by atoms with Crippen molar-refractivity contribution in [2.24, 2.45) is 5.92 Å². The second kappa shape index (κ2) is 6.81. The Balaban J connectivity index is 4.55. The second-order valence-electron chi connectivity index (χ2n) is 3.46. The van der Waals surface area contributed by atoms with E-state index in [2.05, 4.69) is 45.3 Å². The number of hydrogen-bond donors (Lipinski definition) is 2. The van der Waals surface area contributed by atoms with E-state index >= 15 is 0 Å². The van der Waals surface area contributed by atoms with Crippen molar-refractivity contribution in [3.05, 3.63) is 11.4 Å². The van der Waals surface area contributed by atoms with E-state index in [0.29, 0.717) is 5.92 Å². The smallest absolute Gasteiger partial charge is 0.0325 e. The highest BCUT2D eigenvalue weighted by molar-refractivity contribution is 5.12. The normalized spacial score (nSPS) is 12.8. The van der Waals surface area contributed by atoms with E-state index in [1.165, 1.54) is 11.4 Å². The van der Waals surface area contributed by atoms with E-state index in [4.69, 9.17) is 0 Å². The zero-order chi connectivity index (χ0) is 10.3. The fourth-order valence-corrected chi connectivity index (χ4v) is 1.47. The molecule has 0 aromatic rings. The monoisotopic (exact) mass is 184 g/mol. The van der Waals surface area contributed by atoms with Gasteiger partial charge < -0.3 is 10.6 Å². The zero-order valence-corrected chi connectivity index (χ0v) is 9.70. The van der Waals surface area contributed by atoms with Crippen LogP contribution < -0.4 is 10.6 Å². The lowest BCUT2D eigenvalue weighted by Gasteiger charge is -2.19. The second-order valence-corrected chi connectivity index (χ2v) is 3.46. The Labute approximate surface area is 82.8 Å². The molecule has 0 aliphatic heterocycles. The minimum atomic E-state index is 0.578. The van der Waals surface area contributed by atoms with Crippen molar-refractivity contribution in [2.45, 2.75) is 41.0 Å². The van der Waals surface area contributed by atoms with E-state index in [0.717, 1.165) is 19.5 Å². The molecule has 0 saturated carbocycles. The molecule has 0 aromatic carbocycles. The molecular formula is C11H24N2. The minimum Gasteiger partial charge on any atom is -0.387 e. The number of nitrogens with one attached hydrogen (secondary N) is 2. The average molecular weight is 184 g/mol. The summed E-state index contributed by atoms with van der Waals surface area (Å²) < 4.78 is 0. The number of allylic oxidation sites excluding steroid dienone is 2. The lowest BCUT2D eigenvalue weighted by atomic mass is 10.1. The molecule has 2 heteroatoms. The van der Waals surface area contributed by atoms with E-state index < -0.39 is 0 Å². The van der Waals surface area contributed by atoms with Gasteiger partial charge in [-0.1, -0.05) is 20.8 Å². The van der Waals surface area contributed by atoms with E-state index in [1.807, 2.05) is 0 Å². The fourth-order valence-electron chi connectivity index (χ4n) is 1.47. The predicted octanol–water partition coefficient (Wildman–Crippen LogP) is 2.48. The molecule has 0 aliphatic rings. The summed E-state index contributed by atoms with van der Waals surface area (Å²) in [5.74, 6) is 0.578. The minimum absolute atomic E-state index is 0.578. The Kier molecular flexibility index (Phi) is 6.47. The molecule has 0 amide bonds. The molecule has 2 N–H and O–H groups in total. The van der Waals surface area contributed by atoms with Gasteiger partial charge in [0.1, 0.15) is 0 Å². The summed E-state index contributed by atoms with van der Waals surface area (Å²) in [6, 6.07) is 0. The summed E-state index contributed by atoms with van der Waals surface area (Å²) in [5, 5.41) is 6.85. The van der Waals surface area contributed by atoms with Gasteiger partial charge >= 0.3 is 0 Å². The molecule has 0 aliphatic carbocycles. The third-order valence-electron chi connectivity index (χ3n) is 2.01. The van der Waals surface area contributed by atoms with Crippen LogP contribution in [0.1, 0.15) is 41.0 Å². The first-order chi connectivity index (χ1) is 6.17. The first kappa shape index (κ1) is 12.3. The molecule has 0 bridgehead atoms. The van der Waals surface area contributed by atoms with Crippen molar-refractivity contribution in [3.8, 4) is 0 Å². The lowest BCUT2D eigenvalue weighted by Crippen LogP contribution is -2.25. The SMILES string of the molecule is CCNC(CC)=C(NCC)C(C)C. The maximum Gasteiger partial charge on any atom is 0.0325 e. The molecule has 0 spiro atoms. The molecule has 0 rings (SSSR count). The quantitative estimate of drug-likeness (QED) is 0.662. The van der Waals surface area contributed by atoms with Crippen LogP contribution in [-0.2, 0) is 0 Å². The molecular weight excluding hydrogens is 160 g/mol. The topological polar surface area (TPSA) is 24.1 Å². The molecule has 0 unspecified atom stereocenters. The first-order valence-electron chi connectivity index (χ1n) is 5.38. The highest BCUT2D eigenvalue weighted by Crippen LogP contribution is 2.12. The lowest BCUT2D eigenvalue weighted by molar-refractivity contribution is 0.624. The van der Waals surface area contributed by atoms with Crippen LogP contribution in [0.15, 0.2) is 11.4 Å². The van der Waals surface area contributed by atoms with Crippen molar-refractivity contribution in [2.75, 3.05) is 13.1 Å². The molecule has 78 valence electrons. The molecule has 0 fully saturated rings. The molecule has 2 nitrogen and oxygen atoms in total. The van der Waals surface area contributed by atoms with Crippen LogP contribution in [0.5, 0.6) is 0 Å². The van der Waals surface area contributed by atoms with Crippen LogP contribution in [0.3, 0.4) is 0 Å². The van der Waals surface area contributed by atoms with Crippen LogP contribution >= 0.6 is 0 Å². The average Bonchev–Trinajstić information content (AvgIpc) is 2.10. The van der Waals surface area contributed by atoms with Crippen LogP contribution in [0.2, 0.25) is 0 Å². The van der Waals surface area contributed by atoms with Crippen LogP contribution in [0.25, 0.3) is 0 Å². The van der Waals surface area contributed by atoms with Crippen molar-refractivity contribution in [1.82, 2.24) is 10.6 Å². The van der Waals surface area contributed by atoms with Gasteiger partial charge in [0.15, 0.2) is 0 Å². The van der Waals surface area contributed by atoms with E-state index in [9.17, 15) is 0 Å². The molecule has 0 atom stereocenters. The van der Waals surface area contributed by atoms with Crippen molar-refractivity contribution in [3.63, 3.8) is 0 Å². The third kappa shape index (κ3) is 4.20. The largest absolute Gasteiger partial charge is 0.387 e. The Bertz CT molecular complexity index is 159. The molecule has 13 heavy (non-hydrogen) atoms. The van der Waals surface area contributed by atoms with Crippen LogP contribution in [-0.4, -0.2) is 13.1 Å². The standard InChI is InChI=1S/C11H24N2/c1-6-10(12-7-2)11(9(4)5)13-8-3/h9,12-13H,6-8H2,1-5H3. The van der Waals surface area contributed by atoms with Gasteiger partial charge in [-0.15, -0.1) is 0 Å². The third-order valence-corrected chi connectivity index (χ3v) is 2.01. The van der Waals surface area contributed by atoms with Crippen molar-refractivity contribution < 1.29 is 0 Å². The van der Waals surface area contributed by atoms with E-state index in [-0.39, 0.29) is 0 Å². The molecule has 0 heterocycles. The molecule has 0 aromatic heterocycles. The van der Waals surface area contributed by atoms with Gasteiger partial charge in [-0.25, -0.2) is 0 Å². The summed E-state index contributed by atoms with van der Waals surface area (Å²) in [7, 11) is 0. The van der Waals surface area contributed by atoms with Crippen molar-refractivity contribution in [1.29, 1.82) is 0 Å². The maximum absolute atomic E-state index is 3.44. The summed E-state index contributed by atoms with van der Waals surface area (Å²) in [6.07, 6.45) is 1.08. The highest BCUT2D eigenvalue weighted by Gasteiger charge is 2.07. The van der Waals surface area contributed by atoms with Gasteiger partial charge in [0.05, 0.1) is 0 Å². The Morgan fingerprint density at radius 3 is 1.85 bits per heavy atom. The van der Waals surface area contributed by atoms with Gasteiger partial charge in [-0.3, -0.25) is 0 Å². The summed E-state index contributed by atoms with van der Waals surface area (Å²) >= 11 is 0. The van der Waals surface area contributed by atoms with Crippen LogP contribution in [0.4, 0.5) is 0 Å². The van der Waals surface area contributed by atoms with Gasteiger partial charge in [-0.2, -0.15) is 0 Å². The number of hydrogen-bond acceptors (Lipinski definition) is 2. The Morgan fingerprint density at radius 2 is 1.54 bits per heavy atom. The van der Waals surface area contributed by atoms with Gasteiger partial charge in [0.25, 0.3) is 0 Å². The fraction of sp³-hybridized carbons (Fsp3) is 0.818. The summed E-state index contributed by atoms with van der Waals surface area (Å²) in [6.45, 7) is 12.9. The summed E-state index contributed by atoms with van der Waals surface area (Å²) in [5.41, 5.74) is 2.73. The zero-order valence-electron chi connectivity index (χ0n) is 9.70. The Morgan fingerprint density at radius 1 is 1.00 bits per heavy atom. The summed E-state index contributed by atoms with van der Waals surface area (Å²) in [4.78, 5) is 0. The first-order valence-corrected chi connectivity index (χ1v) is 5.38. The van der Waals surface area contributed by atoms with Gasteiger partial charge in [0, 0.05) is 24.5 Å². The molecule has 0 saturated heterocycles. The van der Waals surface area contributed by atoms with Gasteiger partial charge in [0.2, 0.25) is 0 Å². The highest BCUT2D eigenvalue weighted by atomic mass is 14.9. The van der Waals surface area contributed by atoms with Crippen molar-refractivity contribution >= 4 is 0 Å².